The molecule has 0 atom stereocenters. The van der Waals surface area contributed by atoms with E-state index in [1.165, 1.54) is 5.56 Å². The van der Waals surface area contributed by atoms with Gasteiger partial charge in [-0.05, 0) is 129 Å². The summed E-state index contributed by atoms with van der Waals surface area (Å²) in [7, 11) is 0. The number of para-hydroxylation sites is 1. The van der Waals surface area contributed by atoms with E-state index in [1.54, 1.807) is 12.1 Å². The van der Waals surface area contributed by atoms with Gasteiger partial charge in [-0.1, -0.05) is 177 Å². The second-order valence-corrected chi connectivity index (χ2v) is 20.9. The van der Waals surface area contributed by atoms with Crippen molar-refractivity contribution >= 4 is 11.0 Å². The maximum Gasteiger partial charge on any atom is 0.149 e. The average Bonchev–Trinajstić information content (AvgIpc) is 3.70. The summed E-state index contributed by atoms with van der Waals surface area (Å²) in [4.78, 5) is 10.6. The van der Waals surface area contributed by atoms with Gasteiger partial charge in [-0.25, -0.2) is 4.98 Å². The molecule has 0 aliphatic carbocycles. The first kappa shape index (κ1) is 40.5. The number of aromatic nitrogens is 3. The van der Waals surface area contributed by atoms with Gasteiger partial charge in [0.25, 0.3) is 0 Å². The van der Waals surface area contributed by atoms with Crippen molar-refractivity contribution in [3.8, 4) is 78.6 Å². The molecule has 9 aromatic rings. The van der Waals surface area contributed by atoms with Gasteiger partial charge in [-0.2, -0.15) is 0 Å². The topological polar surface area (TPSA) is 50.9 Å². The van der Waals surface area contributed by atoms with Crippen molar-refractivity contribution < 1.29 is 9.22 Å². The number of hydrogen-bond acceptors (Lipinski definition) is 3. The van der Waals surface area contributed by atoms with Crippen molar-refractivity contribution in [3.05, 3.63) is 192 Å². The van der Waals surface area contributed by atoms with E-state index in [0.29, 0.717) is 17.0 Å². The molecule has 0 unspecified atom stereocenters. The molecule has 9 rings (SSSR count). The van der Waals surface area contributed by atoms with Gasteiger partial charge in [-0.3, -0.25) is 9.55 Å². The smallest absolute Gasteiger partial charge is 0.149 e. The Bertz CT molecular complexity index is 3360. The van der Waals surface area contributed by atoms with E-state index in [0.717, 1.165) is 89.2 Å². The Morgan fingerprint density at radius 1 is 0.485 bits per heavy atom. The average molecular weight is 867 g/mol. The van der Waals surface area contributed by atoms with E-state index < -0.39 is 6.85 Å². The number of imidazole rings is 1. The molecule has 4 heteroatoms. The van der Waals surface area contributed by atoms with E-state index in [-0.39, 0.29) is 22.0 Å². The zero-order valence-corrected chi connectivity index (χ0v) is 39.9. The number of fused-ring (bicyclic) bond motifs is 1. The number of hydrogen-bond donors (Lipinski definition) is 1. The van der Waals surface area contributed by atoms with E-state index in [1.807, 2.05) is 30.5 Å². The normalized spacial score (nSPS) is 13.1. The highest BCUT2D eigenvalue weighted by Crippen LogP contribution is 2.46. The largest absolute Gasteiger partial charge is 0.507 e. The van der Waals surface area contributed by atoms with E-state index in [9.17, 15) is 5.11 Å². The van der Waals surface area contributed by atoms with Gasteiger partial charge in [-0.15, -0.1) is 0 Å². The molecule has 0 aliphatic heterocycles. The van der Waals surface area contributed by atoms with Crippen molar-refractivity contribution in [2.75, 3.05) is 0 Å². The minimum Gasteiger partial charge on any atom is -0.507 e. The molecule has 330 valence electrons. The maximum atomic E-state index is 12.6. The summed E-state index contributed by atoms with van der Waals surface area (Å²) >= 11 is 0. The Balaban J connectivity index is 1.32. The van der Waals surface area contributed by atoms with Gasteiger partial charge in [0.15, 0.2) is 0 Å². The monoisotopic (exact) mass is 867 g/mol. The van der Waals surface area contributed by atoms with Crippen molar-refractivity contribution in [2.24, 2.45) is 0 Å². The fraction of sp³-hybridized carbons (Fsp3) is 0.226. The molecule has 1 N–H and O–H groups in total. The van der Waals surface area contributed by atoms with Crippen molar-refractivity contribution in [3.63, 3.8) is 0 Å². The van der Waals surface area contributed by atoms with Crippen molar-refractivity contribution in [2.45, 2.75) is 92.3 Å². The molecule has 7 aromatic carbocycles. The van der Waals surface area contributed by atoms with Crippen molar-refractivity contribution in [1.82, 2.24) is 14.5 Å². The van der Waals surface area contributed by atoms with E-state index in [4.69, 9.17) is 14.1 Å². The van der Waals surface area contributed by atoms with Crippen LogP contribution < -0.4 is 0 Å². The number of pyridine rings is 1. The highest BCUT2D eigenvalue weighted by molar-refractivity contribution is 5.98. The minimum absolute atomic E-state index is 0.00417. The predicted octanol–water partition coefficient (Wildman–Crippen LogP) is 16.6. The lowest BCUT2D eigenvalue weighted by atomic mass is 9.79. The Labute approximate surface area is 395 Å². The summed E-state index contributed by atoms with van der Waals surface area (Å²) < 4.78 is 25.9. The summed E-state index contributed by atoms with van der Waals surface area (Å²) in [6.07, 6.45) is 1.81. The third kappa shape index (κ3) is 8.61. The zero-order valence-electron chi connectivity index (χ0n) is 42.9. The SMILES string of the molecule is [2H]C([2H])([2H])c1ccc(-c2ccnc(-c3cc(-c4ccccc4)cc(-c4cccc5c4nc(-c4cc(C(C)(C)C)cc(C(C)(C)C)c4O)n5-c4ccc(C)cc4-c4ccc(C(C)(C)C)cc4)c3)c2)cc1. The molecular weight excluding hydrogens is 803 g/mol. The van der Waals surface area contributed by atoms with Crippen LogP contribution in [0.1, 0.15) is 94.2 Å². The predicted molar refractivity (Wildman–Crippen MR) is 279 cm³/mol. The highest BCUT2D eigenvalue weighted by Gasteiger charge is 2.29. The number of aromatic hydroxyl groups is 1. The van der Waals surface area contributed by atoms with Crippen LogP contribution in [-0.2, 0) is 16.2 Å². The first-order valence-corrected chi connectivity index (χ1v) is 22.9. The summed E-state index contributed by atoms with van der Waals surface area (Å²) in [5.41, 5.74) is 17.2. The van der Waals surface area contributed by atoms with Gasteiger partial charge in [0.05, 0.1) is 28.0 Å². The molecule has 2 aromatic heterocycles. The molecule has 0 saturated heterocycles. The number of phenolic OH excluding ortho intramolecular Hbond substituents is 1. The standard InChI is InChI=1S/C62H61N3O/c1-39-20-23-42(24-21-39)44-30-31-63-54(36-44)47-34-45(41-16-13-12-14-17-41)33-46(35-47)50-18-15-19-56-57(50)64-59(52-37-49(61(6,7)8)38-53(58(52)66)62(9,10)11)65(56)55-29-22-40(2)32-51(55)43-25-27-48(28-26-43)60(3,4)5/h12-38,66H,1-11H3/i1D3. The summed E-state index contributed by atoms with van der Waals surface area (Å²) in [5, 5.41) is 12.6. The molecule has 66 heavy (non-hydrogen) atoms. The van der Waals surface area contributed by atoms with Gasteiger partial charge in [0.2, 0.25) is 0 Å². The van der Waals surface area contributed by atoms with Gasteiger partial charge in [0, 0.05) is 32.6 Å². The molecular formula is C62H61N3O. The second kappa shape index (κ2) is 16.7. The molecule has 0 spiro atoms. The first-order chi connectivity index (χ1) is 32.5. The van der Waals surface area contributed by atoms with Crippen LogP contribution >= 0.6 is 0 Å². The quantitative estimate of drug-likeness (QED) is 0.174. The Morgan fingerprint density at radius 2 is 1.14 bits per heavy atom. The van der Waals surface area contributed by atoms with Crippen LogP contribution in [0.25, 0.3) is 83.9 Å². The number of nitrogens with zero attached hydrogens (tertiary/aromatic N) is 3. The molecule has 0 bridgehead atoms. The number of benzene rings is 7. The fourth-order valence-corrected chi connectivity index (χ4v) is 8.95. The Morgan fingerprint density at radius 3 is 1.82 bits per heavy atom. The molecule has 0 saturated carbocycles. The van der Waals surface area contributed by atoms with Crippen LogP contribution in [0.4, 0.5) is 0 Å². The highest BCUT2D eigenvalue weighted by atomic mass is 16.3. The van der Waals surface area contributed by atoms with Crippen molar-refractivity contribution in [1.29, 1.82) is 0 Å². The Hall–Kier alpha value is -7.04. The fourth-order valence-electron chi connectivity index (χ4n) is 8.95. The number of phenols is 1. The van der Waals surface area contributed by atoms with Gasteiger partial charge in [0.1, 0.15) is 11.6 Å². The van der Waals surface area contributed by atoms with Crippen LogP contribution in [0, 0.1) is 13.8 Å². The second-order valence-electron chi connectivity index (χ2n) is 20.9. The number of aryl methyl sites for hydroxylation is 2. The first-order valence-electron chi connectivity index (χ1n) is 24.4. The summed E-state index contributed by atoms with van der Waals surface area (Å²) in [6.45, 7) is 19.8. The van der Waals surface area contributed by atoms with E-state index in [2.05, 4.69) is 195 Å². The molecule has 4 nitrogen and oxygen atoms in total. The summed E-state index contributed by atoms with van der Waals surface area (Å²) in [6, 6.07) is 54.3. The zero-order chi connectivity index (χ0) is 49.2. The van der Waals surface area contributed by atoms with Crippen LogP contribution in [0.5, 0.6) is 5.75 Å². The lowest BCUT2D eigenvalue weighted by Crippen LogP contribution is -2.17. The van der Waals surface area contributed by atoms with Crippen LogP contribution in [0.3, 0.4) is 0 Å². The van der Waals surface area contributed by atoms with Crippen LogP contribution in [0.15, 0.2) is 164 Å². The van der Waals surface area contributed by atoms with Crippen LogP contribution in [0.2, 0.25) is 0 Å². The van der Waals surface area contributed by atoms with Gasteiger partial charge >= 0.3 is 0 Å². The molecule has 0 fully saturated rings. The third-order valence-corrected chi connectivity index (χ3v) is 12.8. The van der Waals surface area contributed by atoms with Gasteiger partial charge < -0.3 is 5.11 Å². The molecule has 0 amide bonds. The lowest BCUT2D eigenvalue weighted by molar-refractivity contribution is 0.446. The minimum atomic E-state index is -2.18. The molecule has 0 aliphatic rings. The van der Waals surface area contributed by atoms with Crippen LogP contribution in [-0.4, -0.2) is 19.6 Å². The lowest BCUT2D eigenvalue weighted by Gasteiger charge is -2.27. The molecule has 2 heterocycles. The maximum absolute atomic E-state index is 12.6. The third-order valence-electron chi connectivity index (χ3n) is 12.8. The Kier molecular flexibility index (Phi) is 10.3. The summed E-state index contributed by atoms with van der Waals surface area (Å²) in [5.74, 6) is 0.880. The van der Waals surface area contributed by atoms with E-state index >= 15 is 0 Å². The molecule has 0 radical (unpaired) electrons. The number of rotatable bonds is 7.